The SMILES string of the molecule is [CH2]N1C=CNC1. The van der Waals surface area contributed by atoms with E-state index in [9.17, 15) is 0 Å². The Kier molecular flexibility index (Phi) is 0.708. The van der Waals surface area contributed by atoms with E-state index in [1.165, 1.54) is 0 Å². The third kappa shape index (κ3) is 0.455. The fourth-order valence-electron chi connectivity index (χ4n) is 0.381. The van der Waals surface area contributed by atoms with Crippen molar-refractivity contribution in [2.45, 2.75) is 0 Å². The lowest BCUT2D eigenvalue weighted by Crippen LogP contribution is -2.12. The lowest BCUT2D eigenvalue weighted by atomic mass is 10.9. The molecule has 1 rings (SSSR count). The van der Waals surface area contributed by atoms with Gasteiger partial charge >= 0.3 is 0 Å². The van der Waals surface area contributed by atoms with Crippen LogP contribution in [0.3, 0.4) is 0 Å². The van der Waals surface area contributed by atoms with Crippen LogP contribution in [0.5, 0.6) is 0 Å². The highest BCUT2D eigenvalue weighted by Gasteiger charge is 1.90. The summed E-state index contributed by atoms with van der Waals surface area (Å²) in [4.78, 5) is 1.82. The monoisotopic (exact) mass is 83.1 g/mol. The number of nitrogens with one attached hydrogen (secondary N) is 1. The van der Waals surface area contributed by atoms with Crippen LogP contribution in [0.2, 0.25) is 0 Å². The maximum absolute atomic E-state index is 3.62. The molecule has 0 aromatic heterocycles. The largest absolute Gasteiger partial charge is 0.373 e. The molecule has 2 nitrogen and oxygen atoms in total. The molecule has 33 valence electrons. The van der Waals surface area contributed by atoms with E-state index in [4.69, 9.17) is 0 Å². The molecule has 0 unspecified atom stereocenters. The molecule has 0 spiro atoms. The molecule has 6 heavy (non-hydrogen) atoms. The minimum atomic E-state index is 0.847. The van der Waals surface area contributed by atoms with E-state index in [1.807, 2.05) is 17.3 Å². The lowest BCUT2D eigenvalue weighted by molar-refractivity contribution is 0.518. The zero-order valence-corrected chi connectivity index (χ0v) is 3.52. The lowest BCUT2D eigenvalue weighted by Gasteiger charge is -2.01. The molecular weight excluding hydrogens is 76.1 g/mol. The average Bonchev–Trinajstić information content (AvgIpc) is 1.86. The van der Waals surface area contributed by atoms with Gasteiger partial charge in [-0.2, -0.15) is 0 Å². The van der Waals surface area contributed by atoms with Gasteiger partial charge in [0, 0.05) is 19.4 Å². The molecule has 1 aliphatic heterocycles. The topological polar surface area (TPSA) is 15.3 Å². The van der Waals surface area contributed by atoms with Crippen molar-refractivity contribution in [3.63, 3.8) is 0 Å². The van der Waals surface area contributed by atoms with Crippen LogP contribution < -0.4 is 5.32 Å². The Hall–Kier alpha value is -0.660. The number of hydrogen-bond donors (Lipinski definition) is 1. The molecule has 1 N–H and O–H groups in total. The molecule has 0 bridgehead atoms. The fraction of sp³-hybridized carbons (Fsp3) is 0.250. The highest BCUT2D eigenvalue weighted by molar-refractivity contribution is 4.86. The van der Waals surface area contributed by atoms with Crippen LogP contribution >= 0.6 is 0 Å². The second-order valence-electron chi connectivity index (χ2n) is 1.27. The Bertz CT molecular complexity index is 67.9. The van der Waals surface area contributed by atoms with Crippen LogP contribution in [0.1, 0.15) is 0 Å². The maximum atomic E-state index is 3.62. The molecule has 0 saturated carbocycles. The quantitative estimate of drug-likeness (QED) is 0.447. The smallest absolute Gasteiger partial charge is 0.0868 e. The molecule has 0 aromatic carbocycles. The first-order chi connectivity index (χ1) is 2.89. The summed E-state index contributed by atoms with van der Waals surface area (Å²) in [5.41, 5.74) is 0. The third-order valence-corrected chi connectivity index (χ3v) is 0.698. The van der Waals surface area contributed by atoms with Crippen LogP contribution in [-0.2, 0) is 0 Å². The van der Waals surface area contributed by atoms with Crippen molar-refractivity contribution >= 4 is 0 Å². The van der Waals surface area contributed by atoms with Crippen LogP contribution in [0.4, 0.5) is 0 Å². The minimum Gasteiger partial charge on any atom is -0.373 e. The molecule has 0 fully saturated rings. The fourth-order valence-corrected chi connectivity index (χ4v) is 0.381. The van der Waals surface area contributed by atoms with Crippen LogP contribution in [0, 0.1) is 7.05 Å². The van der Waals surface area contributed by atoms with Gasteiger partial charge in [0.15, 0.2) is 0 Å². The summed E-state index contributed by atoms with van der Waals surface area (Å²) in [6, 6.07) is 0. The summed E-state index contributed by atoms with van der Waals surface area (Å²) < 4.78 is 0. The second-order valence-corrected chi connectivity index (χ2v) is 1.27. The maximum Gasteiger partial charge on any atom is 0.0868 e. The Morgan fingerprint density at radius 2 is 2.67 bits per heavy atom. The Labute approximate surface area is 37.4 Å². The summed E-state index contributed by atoms with van der Waals surface area (Å²) in [5.74, 6) is 0. The van der Waals surface area contributed by atoms with Crippen molar-refractivity contribution in [1.82, 2.24) is 10.2 Å². The van der Waals surface area contributed by atoms with Gasteiger partial charge in [0.1, 0.15) is 0 Å². The van der Waals surface area contributed by atoms with Gasteiger partial charge in [-0.1, -0.05) is 0 Å². The standard InChI is InChI=1S/C4H7N2/c1-6-3-2-5-4-6/h2-3,5H,1,4H2. The molecule has 0 aliphatic carbocycles. The number of rotatable bonds is 0. The minimum absolute atomic E-state index is 0.847. The van der Waals surface area contributed by atoms with Gasteiger partial charge in [-0.15, -0.1) is 0 Å². The molecule has 0 aromatic rings. The van der Waals surface area contributed by atoms with Gasteiger partial charge < -0.3 is 10.2 Å². The van der Waals surface area contributed by atoms with E-state index in [-0.39, 0.29) is 0 Å². The van der Waals surface area contributed by atoms with E-state index in [1.54, 1.807) is 0 Å². The second kappa shape index (κ2) is 1.20. The van der Waals surface area contributed by atoms with Crippen LogP contribution in [0.25, 0.3) is 0 Å². The molecule has 1 heterocycles. The Morgan fingerprint density at radius 3 is 2.83 bits per heavy atom. The average molecular weight is 83.1 g/mol. The molecule has 0 amide bonds. The predicted octanol–water partition coefficient (Wildman–Crippen LogP) is 0.112. The molecule has 1 radical (unpaired) electrons. The van der Waals surface area contributed by atoms with Gasteiger partial charge in [-0.25, -0.2) is 0 Å². The van der Waals surface area contributed by atoms with Crippen molar-refractivity contribution in [3.05, 3.63) is 19.4 Å². The van der Waals surface area contributed by atoms with Crippen LogP contribution in [-0.4, -0.2) is 11.6 Å². The summed E-state index contributed by atoms with van der Waals surface area (Å²) >= 11 is 0. The van der Waals surface area contributed by atoms with Crippen molar-refractivity contribution in [1.29, 1.82) is 0 Å². The molecule has 0 atom stereocenters. The van der Waals surface area contributed by atoms with Crippen molar-refractivity contribution in [2.24, 2.45) is 0 Å². The van der Waals surface area contributed by atoms with E-state index >= 15 is 0 Å². The van der Waals surface area contributed by atoms with Crippen molar-refractivity contribution in [2.75, 3.05) is 6.67 Å². The summed E-state index contributed by atoms with van der Waals surface area (Å²) in [5, 5.41) is 2.95. The van der Waals surface area contributed by atoms with Crippen LogP contribution in [0.15, 0.2) is 12.4 Å². The molecule has 0 saturated heterocycles. The highest BCUT2D eigenvalue weighted by Crippen LogP contribution is 1.87. The predicted molar refractivity (Wildman–Crippen MR) is 24.3 cm³/mol. The van der Waals surface area contributed by atoms with Crippen molar-refractivity contribution < 1.29 is 0 Å². The zero-order chi connectivity index (χ0) is 4.41. The third-order valence-electron chi connectivity index (χ3n) is 0.698. The normalized spacial score (nSPS) is 18.5. The highest BCUT2D eigenvalue weighted by atomic mass is 15.2. The first-order valence-corrected chi connectivity index (χ1v) is 1.87. The van der Waals surface area contributed by atoms with Gasteiger partial charge in [0.2, 0.25) is 0 Å². The number of hydrogen-bond acceptors (Lipinski definition) is 2. The van der Waals surface area contributed by atoms with Gasteiger partial charge in [-0.05, 0) is 0 Å². The van der Waals surface area contributed by atoms with Gasteiger partial charge in [0.25, 0.3) is 0 Å². The van der Waals surface area contributed by atoms with E-state index in [0.717, 1.165) is 6.67 Å². The summed E-state index contributed by atoms with van der Waals surface area (Å²) in [6.45, 7) is 0.847. The first-order valence-electron chi connectivity index (χ1n) is 1.87. The molecular formula is C4H7N2. The Morgan fingerprint density at radius 1 is 1.83 bits per heavy atom. The zero-order valence-electron chi connectivity index (χ0n) is 3.52. The van der Waals surface area contributed by atoms with Gasteiger partial charge in [0.05, 0.1) is 6.67 Å². The molecule has 1 aliphatic rings. The summed E-state index contributed by atoms with van der Waals surface area (Å²) in [6.07, 6.45) is 3.76. The summed E-state index contributed by atoms with van der Waals surface area (Å²) in [7, 11) is 3.62. The number of nitrogens with zero attached hydrogens (tertiary/aromatic N) is 1. The van der Waals surface area contributed by atoms with E-state index < -0.39 is 0 Å². The van der Waals surface area contributed by atoms with E-state index in [2.05, 4.69) is 12.4 Å². The molecule has 2 heteroatoms. The first kappa shape index (κ1) is 3.53. The van der Waals surface area contributed by atoms with E-state index in [0.29, 0.717) is 0 Å². The van der Waals surface area contributed by atoms with Crippen molar-refractivity contribution in [3.8, 4) is 0 Å². The van der Waals surface area contributed by atoms with Gasteiger partial charge in [-0.3, -0.25) is 0 Å². The Balaban J connectivity index is 2.38.